The molecule has 3 aromatic rings. The Morgan fingerprint density at radius 3 is 2.46 bits per heavy atom. The third-order valence-electron chi connectivity index (χ3n) is 7.07. The van der Waals surface area contributed by atoms with Gasteiger partial charge in [-0.1, -0.05) is 88.1 Å². The Balaban J connectivity index is 0.00000342. The lowest BCUT2D eigenvalue weighted by molar-refractivity contribution is 0.283. The topological polar surface area (TPSA) is 97.0 Å². The van der Waals surface area contributed by atoms with Crippen molar-refractivity contribution in [2.24, 2.45) is 5.73 Å². The van der Waals surface area contributed by atoms with Crippen LogP contribution in [-0.2, 0) is 6.54 Å². The standard InChI is InChI=1S/C27H40N6O.ClH/c1-2-3-4-5-6-7-8-9-10-13-18-32-20-22(21-15-11-12-16-23(21)32)25-30-26(34-31-25)24-17-14-19-33(24)27(28)29;/h11-12,15-16,20,24H,2-10,13-14,17-19H2,1H3,(H3,28,29);1H/t24-;/m0./s1. The molecule has 0 amide bonds. The van der Waals surface area contributed by atoms with E-state index in [9.17, 15) is 0 Å². The summed E-state index contributed by atoms with van der Waals surface area (Å²) in [5.41, 5.74) is 7.96. The number of guanidine groups is 1. The number of nitrogens with two attached hydrogens (primary N) is 1. The number of rotatable bonds is 13. The van der Waals surface area contributed by atoms with Crippen molar-refractivity contribution < 1.29 is 4.52 Å². The summed E-state index contributed by atoms with van der Waals surface area (Å²) in [5, 5.41) is 13.3. The average molecular weight is 501 g/mol. The van der Waals surface area contributed by atoms with Gasteiger partial charge in [0.1, 0.15) is 6.04 Å². The fraction of sp³-hybridized carbons (Fsp3) is 0.593. The third kappa shape index (κ3) is 6.78. The SMILES string of the molecule is CCCCCCCCCCCCn1cc(-c2noc([C@@H]3CCCN3C(=N)N)n2)c2ccccc21.Cl. The summed E-state index contributed by atoms with van der Waals surface area (Å²) in [6.45, 7) is 4.04. The van der Waals surface area contributed by atoms with Crippen LogP contribution in [0.15, 0.2) is 35.0 Å². The van der Waals surface area contributed by atoms with Crippen molar-refractivity contribution in [1.29, 1.82) is 5.41 Å². The number of hydrogen-bond donors (Lipinski definition) is 2. The van der Waals surface area contributed by atoms with Gasteiger partial charge in [0, 0.05) is 35.8 Å². The fourth-order valence-electron chi connectivity index (χ4n) is 5.17. The van der Waals surface area contributed by atoms with Crippen molar-refractivity contribution in [1.82, 2.24) is 19.6 Å². The van der Waals surface area contributed by atoms with Gasteiger partial charge in [-0.2, -0.15) is 4.98 Å². The minimum absolute atomic E-state index is 0. The Kier molecular flexibility index (Phi) is 10.5. The smallest absolute Gasteiger partial charge is 0.249 e. The highest BCUT2D eigenvalue weighted by Crippen LogP contribution is 2.34. The lowest BCUT2D eigenvalue weighted by Crippen LogP contribution is -2.35. The number of benzene rings is 1. The molecule has 1 aromatic carbocycles. The van der Waals surface area contributed by atoms with E-state index in [0.717, 1.165) is 36.9 Å². The van der Waals surface area contributed by atoms with E-state index < -0.39 is 0 Å². The molecule has 1 aliphatic rings. The van der Waals surface area contributed by atoms with Crippen LogP contribution in [-0.4, -0.2) is 32.1 Å². The van der Waals surface area contributed by atoms with Crippen LogP contribution in [0.3, 0.4) is 0 Å². The number of nitrogens with zero attached hydrogens (tertiary/aromatic N) is 4. The minimum Gasteiger partial charge on any atom is -0.370 e. The first kappa shape index (κ1) is 27.1. The molecule has 8 heteroatoms. The van der Waals surface area contributed by atoms with E-state index in [1.54, 1.807) is 0 Å². The van der Waals surface area contributed by atoms with Gasteiger partial charge in [0.15, 0.2) is 5.96 Å². The van der Waals surface area contributed by atoms with Crippen LogP contribution in [0.1, 0.15) is 95.9 Å². The predicted octanol–water partition coefficient (Wildman–Crippen LogP) is 7.06. The largest absolute Gasteiger partial charge is 0.370 e. The number of aromatic nitrogens is 3. The van der Waals surface area contributed by atoms with Crippen LogP contribution in [0.4, 0.5) is 0 Å². The molecule has 7 nitrogen and oxygen atoms in total. The molecule has 0 spiro atoms. The monoisotopic (exact) mass is 500 g/mol. The van der Waals surface area contributed by atoms with Crippen molar-refractivity contribution in [2.75, 3.05) is 6.54 Å². The highest BCUT2D eigenvalue weighted by molar-refractivity contribution is 5.94. The molecule has 192 valence electrons. The molecule has 3 N–H and O–H groups in total. The number of nitrogens with one attached hydrogen (secondary N) is 1. The van der Waals surface area contributed by atoms with E-state index in [1.807, 2.05) is 4.90 Å². The summed E-state index contributed by atoms with van der Waals surface area (Å²) < 4.78 is 7.98. The second kappa shape index (κ2) is 13.5. The Hall–Kier alpha value is -2.54. The van der Waals surface area contributed by atoms with Gasteiger partial charge in [-0.05, 0) is 25.3 Å². The normalized spacial score (nSPS) is 15.6. The van der Waals surface area contributed by atoms with E-state index in [4.69, 9.17) is 20.7 Å². The zero-order chi connectivity index (χ0) is 23.8. The molecular formula is C27H41ClN6O. The molecule has 0 radical (unpaired) electrons. The first-order valence-corrected chi connectivity index (χ1v) is 13.2. The van der Waals surface area contributed by atoms with Gasteiger partial charge in [-0.25, -0.2) is 0 Å². The highest BCUT2D eigenvalue weighted by Gasteiger charge is 2.32. The molecule has 4 rings (SSSR count). The average Bonchev–Trinajstić information content (AvgIpc) is 3.58. The summed E-state index contributed by atoms with van der Waals surface area (Å²) in [7, 11) is 0. The number of hydrogen-bond acceptors (Lipinski definition) is 4. The van der Waals surface area contributed by atoms with Crippen LogP contribution in [0, 0.1) is 5.41 Å². The van der Waals surface area contributed by atoms with Crippen molar-refractivity contribution in [2.45, 2.75) is 96.6 Å². The van der Waals surface area contributed by atoms with E-state index in [-0.39, 0.29) is 24.4 Å². The van der Waals surface area contributed by atoms with Crippen molar-refractivity contribution in [3.05, 3.63) is 36.4 Å². The summed E-state index contributed by atoms with van der Waals surface area (Å²) in [4.78, 5) is 6.57. The molecule has 2 aromatic heterocycles. The molecule has 35 heavy (non-hydrogen) atoms. The zero-order valence-electron chi connectivity index (χ0n) is 21.0. The molecule has 3 heterocycles. The number of likely N-dealkylation sites (tertiary alicyclic amines) is 1. The molecule has 1 aliphatic heterocycles. The molecule has 1 atom stereocenters. The summed E-state index contributed by atoms with van der Waals surface area (Å²) in [5.74, 6) is 1.23. The number of halogens is 1. The number of fused-ring (bicyclic) bond motifs is 1. The van der Waals surface area contributed by atoms with E-state index in [0.29, 0.717) is 11.7 Å². The molecule has 0 unspecified atom stereocenters. The van der Waals surface area contributed by atoms with Gasteiger partial charge in [0.25, 0.3) is 0 Å². The van der Waals surface area contributed by atoms with Crippen LogP contribution in [0.5, 0.6) is 0 Å². The molecule has 1 saturated heterocycles. The van der Waals surface area contributed by atoms with Gasteiger partial charge in [-0.15, -0.1) is 12.4 Å². The lowest BCUT2D eigenvalue weighted by Gasteiger charge is -2.21. The molecule has 0 saturated carbocycles. The predicted molar refractivity (Wildman–Crippen MR) is 145 cm³/mol. The van der Waals surface area contributed by atoms with Crippen molar-refractivity contribution in [3.8, 4) is 11.4 Å². The summed E-state index contributed by atoms with van der Waals surface area (Å²) in [6, 6.07) is 8.36. The molecule has 0 aliphatic carbocycles. The minimum atomic E-state index is -0.0984. The molecule has 0 bridgehead atoms. The number of para-hydroxylation sites is 1. The Morgan fingerprint density at radius 1 is 1.06 bits per heavy atom. The Bertz CT molecular complexity index is 1060. The van der Waals surface area contributed by atoms with Crippen LogP contribution < -0.4 is 5.73 Å². The second-order valence-corrected chi connectivity index (χ2v) is 9.63. The molecule has 1 fully saturated rings. The summed E-state index contributed by atoms with van der Waals surface area (Å²) in [6.07, 6.45) is 17.4. The van der Waals surface area contributed by atoms with Gasteiger partial charge < -0.3 is 19.7 Å². The van der Waals surface area contributed by atoms with Gasteiger partial charge in [0.2, 0.25) is 11.7 Å². The maximum Gasteiger partial charge on any atom is 0.249 e. The fourth-order valence-corrected chi connectivity index (χ4v) is 5.17. The summed E-state index contributed by atoms with van der Waals surface area (Å²) >= 11 is 0. The number of aryl methyl sites for hydroxylation is 1. The first-order chi connectivity index (χ1) is 16.7. The quantitative estimate of drug-likeness (QED) is 0.149. The van der Waals surface area contributed by atoms with Gasteiger partial charge in [-0.3, -0.25) is 5.41 Å². The van der Waals surface area contributed by atoms with Crippen LogP contribution in [0.2, 0.25) is 0 Å². The third-order valence-corrected chi connectivity index (χ3v) is 7.07. The Morgan fingerprint density at radius 2 is 1.74 bits per heavy atom. The Labute approximate surface area is 215 Å². The maximum atomic E-state index is 7.82. The zero-order valence-corrected chi connectivity index (χ0v) is 21.9. The highest BCUT2D eigenvalue weighted by atomic mass is 35.5. The van der Waals surface area contributed by atoms with Gasteiger partial charge >= 0.3 is 0 Å². The lowest BCUT2D eigenvalue weighted by atomic mass is 10.1. The number of unbranched alkanes of at least 4 members (excludes halogenated alkanes) is 9. The van der Waals surface area contributed by atoms with Crippen molar-refractivity contribution >= 4 is 29.3 Å². The van der Waals surface area contributed by atoms with Gasteiger partial charge in [0.05, 0.1) is 0 Å². The van der Waals surface area contributed by atoms with Crippen LogP contribution in [0.25, 0.3) is 22.3 Å². The van der Waals surface area contributed by atoms with E-state index in [2.05, 4.69) is 47.1 Å². The first-order valence-electron chi connectivity index (χ1n) is 13.2. The van der Waals surface area contributed by atoms with E-state index >= 15 is 0 Å². The van der Waals surface area contributed by atoms with Crippen molar-refractivity contribution in [3.63, 3.8) is 0 Å². The van der Waals surface area contributed by atoms with E-state index in [1.165, 1.54) is 69.7 Å². The maximum absolute atomic E-state index is 7.82. The molecular weight excluding hydrogens is 460 g/mol. The second-order valence-electron chi connectivity index (χ2n) is 9.63. The van der Waals surface area contributed by atoms with Crippen LogP contribution >= 0.6 is 12.4 Å².